The predicted molar refractivity (Wildman–Crippen MR) is 55.4 cm³/mol. The first-order chi connectivity index (χ1) is 7.10. The molecule has 2 aliphatic heterocycles. The van der Waals surface area contributed by atoms with Crippen LogP contribution in [0.3, 0.4) is 0 Å². The van der Waals surface area contributed by atoms with Crippen LogP contribution in [0.4, 0.5) is 4.79 Å². The Morgan fingerprint density at radius 1 is 1.33 bits per heavy atom. The van der Waals surface area contributed by atoms with Gasteiger partial charge in [0.25, 0.3) is 5.91 Å². The standard InChI is InChI=1S/C10H17N3O2/c1-10(8(14)11-9(15)12-10)4-7-13-5-2-3-6-13/h2-7H2,1H3,(H2,11,12,14,15)/t10-/m1/s1. The highest BCUT2D eigenvalue weighted by atomic mass is 16.2. The predicted octanol–water partition coefficient (Wildman–Crippen LogP) is 0.0704. The maximum Gasteiger partial charge on any atom is 0.322 e. The van der Waals surface area contributed by atoms with Crippen molar-refractivity contribution in [1.29, 1.82) is 0 Å². The zero-order chi connectivity index (χ0) is 10.9. The molecule has 5 heteroatoms. The van der Waals surface area contributed by atoms with E-state index in [0.717, 1.165) is 19.6 Å². The van der Waals surface area contributed by atoms with Gasteiger partial charge in [0.2, 0.25) is 0 Å². The van der Waals surface area contributed by atoms with Crippen LogP contribution in [0.25, 0.3) is 0 Å². The molecule has 2 heterocycles. The average Bonchev–Trinajstić information content (AvgIpc) is 2.73. The molecule has 0 unspecified atom stereocenters. The Hall–Kier alpha value is -1.10. The fourth-order valence-electron chi connectivity index (χ4n) is 2.14. The highest BCUT2D eigenvalue weighted by Gasteiger charge is 2.41. The number of hydrogen-bond donors (Lipinski definition) is 2. The molecule has 2 N–H and O–H groups in total. The van der Waals surface area contributed by atoms with Crippen LogP contribution in [0, 0.1) is 0 Å². The fourth-order valence-corrected chi connectivity index (χ4v) is 2.14. The Kier molecular flexibility index (Phi) is 2.65. The number of nitrogens with one attached hydrogen (secondary N) is 2. The Labute approximate surface area is 89.2 Å². The number of nitrogens with zero attached hydrogens (tertiary/aromatic N) is 1. The number of likely N-dealkylation sites (tertiary alicyclic amines) is 1. The van der Waals surface area contributed by atoms with E-state index in [9.17, 15) is 9.59 Å². The highest BCUT2D eigenvalue weighted by molar-refractivity contribution is 6.06. The van der Waals surface area contributed by atoms with E-state index in [1.165, 1.54) is 12.8 Å². The molecule has 2 saturated heterocycles. The van der Waals surface area contributed by atoms with Gasteiger partial charge in [0.05, 0.1) is 0 Å². The van der Waals surface area contributed by atoms with Gasteiger partial charge in [-0.05, 0) is 39.3 Å². The third kappa shape index (κ3) is 2.12. The summed E-state index contributed by atoms with van der Waals surface area (Å²) in [6, 6.07) is -0.371. The van der Waals surface area contributed by atoms with Crippen molar-refractivity contribution in [3.8, 4) is 0 Å². The van der Waals surface area contributed by atoms with Gasteiger partial charge < -0.3 is 10.2 Å². The van der Waals surface area contributed by atoms with Gasteiger partial charge in [-0.15, -0.1) is 0 Å². The minimum absolute atomic E-state index is 0.202. The minimum Gasteiger partial charge on any atom is -0.324 e. The topological polar surface area (TPSA) is 61.4 Å². The molecule has 2 fully saturated rings. The summed E-state index contributed by atoms with van der Waals surface area (Å²) < 4.78 is 0. The summed E-state index contributed by atoms with van der Waals surface area (Å²) in [5, 5.41) is 4.95. The number of hydrogen-bond acceptors (Lipinski definition) is 3. The molecule has 2 rings (SSSR count). The number of imide groups is 1. The van der Waals surface area contributed by atoms with Gasteiger partial charge >= 0.3 is 6.03 Å². The van der Waals surface area contributed by atoms with Gasteiger partial charge in [-0.1, -0.05) is 0 Å². The number of carbonyl (C=O) groups is 2. The van der Waals surface area contributed by atoms with Crippen molar-refractivity contribution in [2.24, 2.45) is 0 Å². The molecule has 2 aliphatic rings. The zero-order valence-electron chi connectivity index (χ0n) is 9.01. The normalized spacial score (nSPS) is 31.8. The van der Waals surface area contributed by atoms with E-state index >= 15 is 0 Å². The molecule has 5 nitrogen and oxygen atoms in total. The van der Waals surface area contributed by atoms with Crippen LogP contribution in [0.2, 0.25) is 0 Å². The summed E-state index contributed by atoms with van der Waals surface area (Å²) in [6.45, 7) is 4.89. The lowest BCUT2D eigenvalue weighted by atomic mass is 9.98. The van der Waals surface area contributed by atoms with Gasteiger partial charge in [0, 0.05) is 6.54 Å². The molecule has 84 valence electrons. The van der Waals surface area contributed by atoms with E-state index < -0.39 is 5.54 Å². The second-order valence-electron chi connectivity index (χ2n) is 4.54. The van der Waals surface area contributed by atoms with Crippen molar-refractivity contribution >= 4 is 11.9 Å². The van der Waals surface area contributed by atoms with Crippen molar-refractivity contribution in [3.63, 3.8) is 0 Å². The Balaban J connectivity index is 1.87. The Morgan fingerprint density at radius 2 is 2.00 bits per heavy atom. The quantitative estimate of drug-likeness (QED) is 0.649. The molecule has 0 aromatic rings. The van der Waals surface area contributed by atoms with E-state index in [1.54, 1.807) is 6.92 Å². The molecule has 0 bridgehead atoms. The number of rotatable bonds is 3. The van der Waals surface area contributed by atoms with Gasteiger partial charge in [-0.2, -0.15) is 0 Å². The number of amides is 3. The fraction of sp³-hybridized carbons (Fsp3) is 0.800. The summed E-state index contributed by atoms with van der Waals surface area (Å²) in [7, 11) is 0. The second-order valence-corrected chi connectivity index (χ2v) is 4.54. The maximum absolute atomic E-state index is 11.5. The molecule has 3 amide bonds. The molecule has 1 atom stereocenters. The van der Waals surface area contributed by atoms with Crippen molar-refractivity contribution < 1.29 is 9.59 Å². The van der Waals surface area contributed by atoms with Crippen LogP contribution in [-0.2, 0) is 4.79 Å². The lowest BCUT2D eigenvalue weighted by Crippen LogP contribution is -2.46. The lowest BCUT2D eigenvalue weighted by Gasteiger charge is -2.23. The third-order valence-electron chi connectivity index (χ3n) is 3.24. The molecular formula is C10H17N3O2. The van der Waals surface area contributed by atoms with Crippen LogP contribution in [0.15, 0.2) is 0 Å². The molecule has 0 saturated carbocycles. The number of urea groups is 1. The zero-order valence-corrected chi connectivity index (χ0v) is 9.01. The summed E-state index contributed by atoms with van der Waals surface area (Å²) in [5.74, 6) is -0.202. The smallest absolute Gasteiger partial charge is 0.322 e. The van der Waals surface area contributed by atoms with Crippen molar-refractivity contribution in [3.05, 3.63) is 0 Å². The number of carbonyl (C=O) groups excluding carboxylic acids is 2. The van der Waals surface area contributed by atoms with E-state index in [4.69, 9.17) is 0 Å². The SMILES string of the molecule is C[C@]1(CCN2CCCC2)NC(=O)NC1=O. The second kappa shape index (κ2) is 3.81. The van der Waals surface area contributed by atoms with E-state index in [-0.39, 0.29) is 11.9 Å². The molecule has 0 aromatic heterocycles. The summed E-state index contributed by atoms with van der Waals surface area (Å²) in [5.41, 5.74) is -0.709. The third-order valence-corrected chi connectivity index (χ3v) is 3.24. The maximum atomic E-state index is 11.5. The molecule has 0 spiro atoms. The van der Waals surface area contributed by atoms with Crippen molar-refractivity contribution in [2.45, 2.75) is 31.7 Å². The van der Waals surface area contributed by atoms with Crippen molar-refractivity contribution in [2.75, 3.05) is 19.6 Å². The van der Waals surface area contributed by atoms with E-state index in [1.807, 2.05) is 0 Å². The Bertz CT molecular complexity index is 286. The van der Waals surface area contributed by atoms with Crippen LogP contribution in [0.1, 0.15) is 26.2 Å². The van der Waals surface area contributed by atoms with Crippen LogP contribution >= 0.6 is 0 Å². The first kappa shape index (κ1) is 10.4. The largest absolute Gasteiger partial charge is 0.324 e. The molecule has 15 heavy (non-hydrogen) atoms. The summed E-state index contributed by atoms with van der Waals surface area (Å²) >= 11 is 0. The van der Waals surface area contributed by atoms with Crippen molar-refractivity contribution in [1.82, 2.24) is 15.5 Å². The lowest BCUT2D eigenvalue weighted by molar-refractivity contribution is -0.123. The molecular weight excluding hydrogens is 194 g/mol. The van der Waals surface area contributed by atoms with E-state index in [2.05, 4.69) is 15.5 Å². The summed E-state index contributed by atoms with van der Waals surface area (Å²) in [4.78, 5) is 24.8. The van der Waals surface area contributed by atoms with Gasteiger partial charge in [-0.3, -0.25) is 10.1 Å². The summed E-state index contributed by atoms with van der Waals surface area (Å²) in [6.07, 6.45) is 3.18. The van der Waals surface area contributed by atoms with Crippen LogP contribution in [-0.4, -0.2) is 42.0 Å². The van der Waals surface area contributed by atoms with Crippen LogP contribution < -0.4 is 10.6 Å². The monoisotopic (exact) mass is 211 g/mol. The molecule has 0 aromatic carbocycles. The first-order valence-electron chi connectivity index (χ1n) is 5.46. The van der Waals surface area contributed by atoms with Gasteiger partial charge in [0.1, 0.15) is 5.54 Å². The van der Waals surface area contributed by atoms with E-state index in [0.29, 0.717) is 6.42 Å². The highest BCUT2D eigenvalue weighted by Crippen LogP contribution is 2.17. The minimum atomic E-state index is -0.709. The first-order valence-corrected chi connectivity index (χ1v) is 5.46. The molecule has 0 radical (unpaired) electrons. The average molecular weight is 211 g/mol. The van der Waals surface area contributed by atoms with Gasteiger partial charge in [0.15, 0.2) is 0 Å². The van der Waals surface area contributed by atoms with Gasteiger partial charge in [-0.25, -0.2) is 4.79 Å². The Morgan fingerprint density at radius 3 is 2.53 bits per heavy atom. The van der Waals surface area contributed by atoms with Crippen LogP contribution in [0.5, 0.6) is 0 Å². The molecule has 0 aliphatic carbocycles.